The Kier molecular flexibility index (Phi) is 32.7. The van der Waals surface area contributed by atoms with Crippen molar-refractivity contribution in [3.05, 3.63) is 185 Å². The number of benzene rings is 6. The van der Waals surface area contributed by atoms with E-state index in [4.69, 9.17) is 19.9 Å². The summed E-state index contributed by atoms with van der Waals surface area (Å²) in [4.78, 5) is 64.9. The lowest BCUT2D eigenvalue weighted by Gasteiger charge is -2.38. The lowest BCUT2D eigenvalue weighted by atomic mass is 9.77. The second-order valence-corrected chi connectivity index (χ2v) is 24.0. The fraction of sp³-hybridized carbons (Fsp3) is 0.388. The van der Waals surface area contributed by atoms with Gasteiger partial charge >= 0.3 is 0 Å². The molecule has 13 nitrogen and oxygen atoms in total. The standard InChI is InChI=1S/C23H24BrF2NO3.C21H22BrF2NO2.C14H18F2N2O2.C7H4BrNO.2CH4.ClH/c1-14(28)27-8-7-20(23-21(25)11-19(30-2)12-22(23)26)16(13-27)10-18(29)9-15-3-5-17(24)6-4-15;1-27-17-10-19(23)21(20(24)11-17)18-6-7-25-12-14(18)9-16(26)8-13-2-4-15(22)5-3-13;1-8(19)18-4-3-10(13(17)7-18)14-11(15)5-9(20-2)6-12(14)16;8-6-1-3-7(4-2-6)9-5-10;;;/h3-6,11-12,16,20H,7-10,13H2,1-2H3;2-5,10-11,14,18,25H,6-9,12H2,1H3;5-6,10,13H,3-4,7,17H2,1-2H3;1-4H;2*1H4;1H/t16-,20?;14-,18?;10?,13-;;;;/m111..../s1. The van der Waals surface area contributed by atoms with Gasteiger partial charge in [-0.3, -0.25) is 19.2 Å². The number of nitrogens with zero attached hydrogens (tertiary/aromatic N) is 3. The highest BCUT2D eigenvalue weighted by molar-refractivity contribution is 9.11. The molecule has 3 saturated heterocycles. The molecule has 9 rings (SSSR count). The fourth-order valence-corrected chi connectivity index (χ4v) is 11.9. The van der Waals surface area contributed by atoms with Crippen molar-refractivity contribution in [3.63, 3.8) is 0 Å². The Bertz CT molecular complexity index is 3320. The first-order valence-corrected chi connectivity index (χ1v) is 30.3. The van der Waals surface area contributed by atoms with Gasteiger partial charge in [0.1, 0.15) is 63.7 Å². The molecule has 6 aromatic rings. The normalized spacial score (nSPS) is 18.2. The van der Waals surface area contributed by atoms with Crippen LogP contribution in [0.15, 0.2) is 128 Å². The number of rotatable bonds is 15. The van der Waals surface area contributed by atoms with Gasteiger partial charge in [0.2, 0.25) is 17.9 Å². The number of methoxy groups -OCH3 is 3. The van der Waals surface area contributed by atoms with Gasteiger partial charge in [-0.1, -0.05) is 86.9 Å². The molecule has 3 fully saturated rings. The predicted molar refractivity (Wildman–Crippen MR) is 351 cm³/mol. The summed E-state index contributed by atoms with van der Waals surface area (Å²) in [6.45, 7) is 5.65. The number of carbonyl (C=O) groups excluding carboxylic acids is 5. The van der Waals surface area contributed by atoms with Gasteiger partial charge in [-0.15, -0.1) is 12.4 Å². The van der Waals surface area contributed by atoms with Crippen LogP contribution in [0.4, 0.5) is 32.0 Å². The largest absolute Gasteiger partial charge is 0.497 e. The van der Waals surface area contributed by atoms with Crippen LogP contribution in [0, 0.1) is 46.7 Å². The van der Waals surface area contributed by atoms with Crippen LogP contribution in [0.1, 0.15) is 106 Å². The van der Waals surface area contributed by atoms with Crippen molar-refractivity contribution in [2.24, 2.45) is 22.6 Å². The minimum atomic E-state index is -0.682. The van der Waals surface area contributed by atoms with Crippen LogP contribution in [0.5, 0.6) is 17.2 Å². The zero-order valence-corrected chi connectivity index (χ0v) is 54.6. The summed E-state index contributed by atoms with van der Waals surface area (Å²) < 4.78 is 104. The van der Waals surface area contributed by atoms with E-state index < -0.39 is 52.8 Å². The monoisotopic (exact) mass is 1470 g/mol. The molecule has 0 radical (unpaired) electrons. The van der Waals surface area contributed by atoms with Crippen LogP contribution >= 0.6 is 60.2 Å². The number of ketones is 2. The maximum atomic E-state index is 14.7. The highest BCUT2D eigenvalue weighted by Gasteiger charge is 2.37. The Morgan fingerprint density at radius 3 is 1.27 bits per heavy atom. The van der Waals surface area contributed by atoms with Crippen molar-refractivity contribution < 1.29 is 64.5 Å². The summed E-state index contributed by atoms with van der Waals surface area (Å²) >= 11 is 10.00. The predicted octanol–water partition coefficient (Wildman–Crippen LogP) is 15.3. The molecule has 0 spiro atoms. The Balaban J connectivity index is 0.000000326. The molecule has 0 saturated carbocycles. The number of isocyanates is 1. The third-order valence-corrected chi connectivity index (χ3v) is 17.1. The zero-order valence-electron chi connectivity index (χ0n) is 49.0. The number of carbonyl (C=O) groups is 4. The maximum Gasteiger partial charge on any atom is 0.240 e. The minimum Gasteiger partial charge on any atom is -0.497 e. The first-order chi connectivity index (χ1) is 41.5. The molecule has 0 aliphatic carbocycles. The second kappa shape index (κ2) is 37.8. The molecule has 3 aliphatic rings. The van der Waals surface area contributed by atoms with E-state index in [-0.39, 0.29) is 115 Å². The van der Waals surface area contributed by atoms with Crippen LogP contribution in [0.25, 0.3) is 0 Å². The van der Waals surface area contributed by atoms with Crippen molar-refractivity contribution in [1.29, 1.82) is 0 Å². The van der Waals surface area contributed by atoms with E-state index in [2.05, 4.69) is 58.1 Å². The van der Waals surface area contributed by atoms with Crippen LogP contribution in [-0.4, -0.2) is 106 Å². The molecule has 0 aromatic heterocycles. The van der Waals surface area contributed by atoms with Crippen molar-refractivity contribution in [3.8, 4) is 17.2 Å². The molecule has 3 aliphatic heterocycles. The summed E-state index contributed by atoms with van der Waals surface area (Å²) in [6.07, 6.45) is 3.90. The third-order valence-electron chi connectivity index (χ3n) is 15.5. The number of hydrogen-bond acceptors (Lipinski definition) is 11. The Hall–Kier alpha value is -6.39. The van der Waals surface area contributed by atoms with E-state index in [1.54, 1.807) is 21.9 Å². The Labute approximate surface area is 554 Å². The van der Waals surface area contributed by atoms with E-state index in [1.165, 1.54) is 53.4 Å². The lowest BCUT2D eigenvalue weighted by molar-refractivity contribution is -0.132. The van der Waals surface area contributed by atoms with Crippen molar-refractivity contribution in [2.75, 3.05) is 60.6 Å². The average molecular weight is 1470 g/mol. The molecule has 0 bridgehead atoms. The van der Waals surface area contributed by atoms with E-state index in [0.717, 1.165) is 48.8 Å². The number of aliphatic imine (C=N–C) groups is 1. The molecule has 488 valence electrons. The Morgan fingerprint density at radius 2 is 0.900 bits per heavy atom. The number of nitrogens with two attached hydrogens (primary N) is 1. The topological polar surface area (TPSA) is 170 Å². The number of halogens is 10. The summed E-state index contributed by atoms with van der Waals surface area (Å²) in [5.41, 5.74) is 8.45. The lowest BCUT2D eigenvalue weighted by Crippen LogP contribution is -2.49. The van der Waals surface area contributed by atoms with Gasteiger partial charge in [0.15, 0.2) is 0 Å². The number of hydrogen-bond donors (Lipinski definition) is 2. The maximum absolute atomic E-state index is 14.7. The van der Waals surface area contributed by atoms with E-state index >= 15 is 0 Å². The second-order valence-electron chi connectivity index (χ2n) is 21.3. The van der Waals surface area contributed by atoms with E-state index in [1.807, 2.05) is 60.7 Å². The highest BCUT2D eigenvalue weighted by atomic mass is 79.9. The van der Waals surface area contributed by atoms with Gasteiger partial charge in [0.05, 0.1) is 27.0 Å². The molecule has 6 atom stereocenters. The first-order valence-electron chi connectivity index (χ1n) is 27.9. The molecular weight excluding hydrogens is 1390 g/mol. The SMILES string of the molecule is C.C.COc1cc(F)c(C2CCN(C(C)=O)C[C@H]2CC(=O)Cc2ccc(Br)cc2)c(F)c1.COc1cc(F)c(C2CCN(C(C)=O)C[C@H]2N)c(F)c1.COc1cc(F)c(C2CCNC[C@H]2CC(=O)Cc2ccc(Br)cc2)c(F)c1.Cl.O=C=Nc1ccc(Br)cc1. The number of amides is 2. The summed E-state index contributed by atoms with van der Waals surface area (Å²) in [5, 5.41) is 3.24. The summed E-state index contributed by atoms with van der Waals surface area (Å²) in [6, 6.07) is 28.7. The Morgan fingerprint density at radius 1 is 0.556 bits per heavy atom. The van der Waals surface area contributed by atoms with Crippen molar-refractivity contribution >= 4 is 95.3 Å². The van der Waals surface area contributed by atoms with Gasteiger partial charge in [0, 0.05) is 144 Å². The van der Waals surface area contributed by atoms with Gasteiger partial charge in [-0.2, -0.15) is 4.99 Å². The van der Waals surface area contributed by atoms with Crippen molar-refractivity contribution in [1.82, 2.24) is 15.1 Å². The van der Waals surface area contributed by atoms with Crippen LogP contribution in [0.3, 0.4) is 0 Å². The molecule has 3 unspecified atom stereocenters. The summed E-state index contributed by atoms with van der Waals surface area (Å²) in [5.74, 6) is -5.35. The summed E-state index contributed by atoms with van der Waals surface area (Å²) in [7, 11) is 4.08. The minimum absolute atomic E-state index is 0. The molecular formula is C67H77Br3ClF6N5O8. The molecule has 3 heterocycles. The fourth-order valence-electron chi connectivity index (χ4n) is 11.1. The number of Topliss-reactive ketones (excluding diaryl/α,β-unsaturated/α-hetero) is 2. The van der Waals surface area contributed by atoms with Gasteiger partial charge in [0.25, 0.3) is 0 Å². The molecule has 2 amide bonds. The molecule has 23 heteroatoms. The van der Waals surface area contributed by atoms with Crippen LogP contribution in [0.2, 0.25) is 0 Å². The number of likely N-dealkylation sites (tertiary alicyclic amines) is 2. The first kappa shape index (κ1) is 77.9. The molecule has 6 aromatic carbocycles. The average Bonchev–Trinajstić information content (AvgIpc) is 1.01. The molecule has 3 N–H and O–H groups in total. The van der Waals surface area contributed by atoms with Crippen LogP contribution in [-0.2, 0) is 36.8 Å². The van der Waals surface area contributed by atoms with Gasteiger partial charge in [-0.25, -0.2) is 31.1 Å². The smallest absolute Gasteiger partial charge is 0.240 e. The molecule has 90 heavy (non-hydrogen) atoms. The van der Waals surface area contributed by atoms with Crippen molar-refractivity contribution in [2.45, 2.75) is 97.4 Å². The van der Waals surface area contributed by atoms with Gasteiger partial charge < -0.3 is 35.1 Å². The number of nitrogens with one attached hydrogen (secondary N) is 1. The quantitative estimate of drug-likeness (QED) is 0.0573. The van der Waals surface area contributed by atoms with Crippen LogP contribution < -0.4 is 25.3 Å². The number of piperidine rings is 3. The third kappa shape index (κ3) is 22.5. The van der Waals surface area contributed by atoms with E-state index in [0.29, 0.717) is 77.1 Å². The zero-order chi connectivity index (χ0) is 63.5. The van der Waals surface area contributed by atoms with E-state index in [9.17, 15) is 50.3 Å². The highest BCUT2D eigenvalue weighted by Crippen LogP contribution is 2.41. The number of ether oxygens (including phenoxy) is 3. The van der Waals surface area contributed by atoms with Gasteiger partial charge in [-0.05, 0) is 116 Å².